The number of carbonyl (C=O) groups is 2. The van der Waals surface area contributed by atoms with Crippen LogP contribution in [0.25, 0.3) is 0 Å². The van der Waals surface area contributed by atoms with E-state index in [9.17, 15) is 9.59 Å². The summed E-state index contributed by atoms with van der Waals surface area (Å²) in [4.78, 5) is 28.2. The summed E-state index contributed by atoms with van der Waals surface area (Å²) >= 11 is 7.44. The molecule has 1 atom stereocenters. The van der Waals surface area contributed by atoms with Crippen molar-refractivity contribution in [1.82, 2.24) is 15.6 Å². The van der Waals surface area contributed by atoms with Crippen LogP contribution >= 0.6 is 23.4 Å². The van der Waals surface area contributed by atoms with Crippen LogP contribution in [0.15, 0.2) is 34.6 Å². The fourth-order valence-corrected chi connectivity index (χ4v) is 3.33. The first kappa shape index (κ1) is 17.6. The van der Waals surface area contributed by atoms with E-state index in [1.807, 2.05) is 6.92 Å². The van der Waals surface area contributed by atoms with Crippen LogP contribution in [0.2, 0.25) is 5.02 Å². The number of hydrogen-bond acceptors (Lipinski definition) is 5. The van der Waals surface area contributed by atoms with Gasteiger partial charge in [-0.1, -0.05) is 30.3 Å². The number of aromatic nitrogens is 1. The maximum atomic E-state index is 12.2. The summed E-state index contributed by atoms with van der Waals surface area (Å²) in [5, 5.41) is 6.61. The summed E-state index contributed by atoms with van der Waals surface area (Å²) in [6.45, 7) is 3.92. The molecule has 0 bridgehead atoms. The van der Waals surface area contributed by atoms with Gasteiger partial charge in [-0.3, -0.25) is 0 Å². The molecule has 0 saturated carbocycles. The molecule has 0 radical (unpaired) electrons. The molecule has 1 aliphatic rings. The van der Waals surface area contributed by atoms with Crippen molar-refractivity contribution in [3.8, 4) is 0 Å². The second-order valence-electron chi connectivity index (χ2n) is 4.75. The molecule has 0 saturated heterocycles. The van der Waals surface area contributed by atoms with Crippen molar-refractivity contribution < 1.29 is 14.3 Å². The van der Waals surface area contributed by atoms with Gasteiger partial charge in [-0.25, -0.2) is 14.6 Å². The molecule has 8 heteroatoms. The van der Waals surface area contributed by atoms with E-state index in [-0.39, 0.29) is 18.7 Å². The number of pyridine rings is 1. The number of thioether (sulfide) groups is 1. The molecule has 0 fully saturated rings. The zero-order valence-corrected chi connectivity index (χ0v) is 14.5. The van der Waals surface area contributed by atoms with Gasteiger partial charge < -0.3 is 15.4 Å². The van der Waals surface area contributed by atoms with Crippen LogP contribution in [0, 0.1) is 0 Å². The van der Waals surface area contributed by atoms with E-state index in [1.54, 1.807) is 25.3 Å². The Labute approximate surface area is 144 Å². The topological polar surface area (TPSA) is 80.3 Å². The molecule has 2 rings (SSSR count). The standard InChI is InChI=1S/C15H18ClN3O3S/c1-3-10-12(14(20)22-4-2)11(19-15(21)18-10)8-23-13-9(16)6-5-7-17-13/h5-7,10H,3-4,8H2,1-2H3,(H2,18,19,21)/t10-/m1/s1. The molecule has 0 unspecified atom stereocenters. The Morgan fingerprint density at radius 1 is 1.48 bits per heavy atom. The summed E-state index contributed by atoms with van der Waals surface area (Å²) in [5.41, 5.74) is 0.985. The number of nitrogens with one attached hydrogen (secondary N) is 2. The predicted octanol–water partition coefficient (Wildman–Crippen LogP) is 2.74. The normalized spacial score (nSPS) is 17.5. The highest BCUT2D eigenvalue weighted by Crippen LogP contribution is 2.27. The molecule has 1 aromatic heterocycles. The number of rotatable bonds is 6. The van der Waals surface area contributed by atoms with Crippen molar-refractivity contribution in [3.63, 3.8) is 0 Å². The lowest BCUT2D eigenvalue weighted by molar-refractivity contribution is -0.139. The first-order valence-electron chi connectivity index (χ1n) is 7.27. The van der Waals surface area contributed by atoms with Crippen molar-refractivity contribution in [2.75, 3.05) is 12.4 Å². The summed E-state index contributed by atoms with van der Waals surface area (Å²) in [6, 6.07) is 2.80. The molecule has 2 heterocycles. The van der Waals surface area contributed by atoms with Crippen LogP contribution in [0.5, 0.6) is 0 Å². The van der Waals surface area contributed by atoms with E-state index in [1.165, 1.54) is 11.8 Å². The molecule has 2 amide bonds. The number of ether oxygens (including phenoxy) is 1. The minimum atomic E-state index is -0.422. The molecule has 2 N–H and O–H groups in total. The summed E-state index contributed by atoms with van der Waals surface area (Å²) in [5.74, 6) is -0.0519. The fourth-order valence-electron chi connectivity index (χ4n) is 2.19. The van der Waals surface area contributed by atoms with E-state index in [2.05, 4.69) is 15.6 Å². The van der Waals surface area contributed by atoms with Crippen LogP contribution < -0.4 is 10.6 Å². The van der Waals surface area contributed by atoms with Crippen molar-refractivity contribution in [3.05, 3.63) is 34.6 Å². The largest absolute Gasteiger partial charge is 0.463 e. The number of carbonyl (C=O) groups excluding carboxylic acids is 2. The third-order valence-electron chi connectivity index (χ3n) is 3.22. The second-order valence-corrected chi connectivity index (χ2v) is 6.12. The van der Waals surface area contributed by atoms with Crippen molar-refractivity contribution in [2.45, 2.75) is 31.3 Å². The zero-order chi connectivity index (χ0) is 16.8. The SMILES string of the molecule is CCOC(=O)C1=C(CSc2ncccc2Cl)NC(=O)N[C@@H]1CC. The minimum absolute atomic E-state index is 0.277. The summed E-state index contributed by atoms with van der Waals surface area (Å²) in [7, 11) is 0. The highest BCUT2D eigenvalue weighted by atomic mass is 35.5. The zero-order valence-electron chi connectivity index (χ0n) is 12.9. The Morgan fingerprint density at radius 2 is 2.26 bits per heavy atom. The summed E-state index contributed by atoms with van der Waals surface area (Å²) < 4.78 is 5.12. The molecular weight excluding hydrogens is 338 g/mol. The van der Waals surface area contributed by atoms with Gasteiger partial charge in [-0.2, -0.15) is 0 Å². The third kappa shape index (κ3) is 4.39. The van der Waals surface area contributed by atoms with Crippen LogP contribution in [0.4, 0.5) is 4.79 Å². The van der Waals surface area contributed by atoms with Gasteiger partial charge >= 0.3 is 12.0 Å². The number of hydrogen-bond donors (Lipinski definition) is 2. The fraction of sp³-hybridized carbons (Fsp3) is 0.400. The third-order valence-corrected chi connectivity index (χ3v) is 4.67. The van der Waals surface area contributed by atoms with Gasteiger partial charge in [0, 0.05) is 17.6 Å². The van der Waals surface area contributed by atoms with Gasteiger partial charge in [0.2, 0.25) is 0 Å². The molecule has 124 valence electrons. The summed E-state index contributed by atoms with van der Waals surface area (Å²) in [6.07, 6.45) is 2.24. The lowest BCUT2D eigenvalue weighted by Crippen LogP contribution is -2.50. The van der Waals surface area contributed by atoms with E-state index < -0.39 is 5.97 Å². The van der Waals surface area contributed by atoms with E-state index in [4.69, 9.17) is 16.3 Å². The lowest BCUT2D eigenvalue weighted by atomic mass is 10.0. The molecule has 1 aromatic rings. The molecule has 23 heavy (non-hydrogen) atoms. The van der Waals surface area contributed by atoms with Crippen LogP contribution in [-0.4, -0.2) is 35.4 Å². The molecule has 6 nitrogen and oxygen atoms in total. The Hall–Kier alpha value is -1.73. The van der Waals surface area contributed by atoms with Crippen LogP contribution in [0.1, 0.15) is 20.3 Å². The van der Waals surface area contributed by atoms with Gasteiger partial charge in [-0.05, 0) is 25.5 Å². The molecule has 1 aliphatic heterocycles. The van der Waals surface area contributed by atoms with Gasteiger partial charge in [-0.15, -0.1) is 0 Å². The van der Waals surface area contributed by atoms with Gasteiger partial charge in [0.1, 0.15) is 5.03 Å². The smallest absolute Gasteiger partial charge is 0.337 e. The highest BCUT2D eigenvalue weighted by molar-refractivity contribution is 7.99. The Morgan fingerprint density at radius 3 is 2.91 bits per heavy atom. The second kappa shape index (κ2) is 8.21. The maximum Gasteiger partial charge on any atom is 0.337 e. The molecule has 0 aromatic carbocycles. The predicted molar refractivity (Wildman–Crippen MR) is 89.4 cm³/mol. The first-order chi connectivity index (χ1) is 11.1. The first-order valence-corrected chi connectivity index (χ1v) is 8.64. The van der Waals surface area contributed by atoms with Crippen molar-refractivity contribution in [1.29, 1.82) is 0 Å². The molecule has 0 aliphatic carbocycles. The number of amides is 2. The number of urea groups is 1. The number of esters is 1. The van der Waals surface area contributed by atoms with E-state index >= 15 is 0 Å². The van der Waals surface area contributed by atoms with E-state index in [0.717, 1.165) is 0 Å². The van der Waals surface area contributed by atoms with Crippen molar-refractivity contribution in [2.24, 2.45) is 0 Å². The average molecular weight is 356 g/mol. The van der Waals surface area contributed by atoms with Crippen LogP contribution in [0.3, 0.4) is 0 Å². The van der Waals surface area contributed by atoms with E-state index in [0.29, 0.717) is 33.5 Å². The van der Waals surface area contributed by atoms with Crippen LogP contribution in [-0.2, 0) is 9.53 Å². The Kier molecular flexibility index (Phi) is 6.29. The minimum Gasteiger partial charge on any atom is -0.463 e. The Balaban J connectivity index is 2.26. The monoisotopic (exact) mass is 355 g/mol. The number of halogens is 1. The molecular formula is C15H18ClN3O3S. The van der Waals surface area contributed by atoms with Gasteiger partial charge in [0.15, 0.2) is 0 Å². The van der Waals surface area contributed by atoms with Gasteiger partial charge in [0.25, 0.3) is 0 Å². The number of nitrogens with zero attached hydrogens (tertiary/aromatic N) is 1. The quantitative estimate of drug-likeness (QED) is 0.605. The maximum absolute atomic E-state index is 12.2. The van der Waals surface area contributed by atoms with Gasteiger partial charge in [0.05, 0.1) is 23.2 Å². The van der Waals surface area contributed by atoms with Crippen molar-refractivity contribution >= 4 is 35.4 Å². The highest BCUT2D eigenvalue weighted by Gasteiger charge is 2.31. The lowest BCUT2D eigenvalue weighted by Gasteiger charge is -2.28. The molecule has 0 spiro atoms. The Bertz CT molecular complexity index is 636. The average Bonchev–Trinajstić information content (AvgIpc) is 2.53.